The Balaban J connectivity index is 1.97. The molecule has 0 radical (unpaired) electrons. The number of aromatic nitrogens is 2. The molecule has 2 aromatic rings. The average Bonchev–Trinajstić information content (AvgIpc) is 2.37. The largest absolute Gasteiger partial charge is 0.487 e. The van der Waals surface area contributed by atoms with Crippen molar-refractivity contribution in [3.05, 3.63) is 52.5 Å². The van der Waals surface area contributed by atoms with Crippen molar-refractivity contribution < 1.29 is 4.74 Å². The van der Waals surface area contributed by atoms with Crippen molar-refractivity contribution in [3.63, 3.8) is 0 Å². The third-order valence-electron chi connectivity index (χ3n) is 2.10. The molecular weight excluding hydrogens is 348 g/mol. The van der Waals surface area contributed by atoms with Gasteiger partial charge >= 0.3 is 0 Å². The van der Waals surface area contributed by atoms with Crippen molar-refractivity contribution in [2.75, 3.05) is 0 Å². The van der Waals surface area contributed by atoms with E-state index < -0.39 is 0 Å². The van der Waals surface area contributed by atoms with Gasteiger partial charge < -0.3 is 4.74 Å². The highest BCUT2D eigenvalue weighted by Gasteiger charge is 1.98. The Bertz CT molecular complexity index is 488. The van der Waals surface area contributed by atoms with Crippen LogP contribution < -0.4 is 4.74 Å². The molecule has 0 aliphatic rings. The molecule has 0 saturated carbocycles. The van der Waals surface area contributed by atoms with Crippen LogP contribution in [0.5, 0.6) is 5.75 Å². The Hall–Kier alpha value is -0.940. The second-order valence-electron chi connectivity index (χ2n) is 3.42. The van der Waals surface area contributed by atoms with E-state index in [2.05, 4.69) is 41.8 Å². The van der Waals surface area contributed by atoms with Crippen LogP contribution in [-0.4, -0.2) is 9.97 Å². The van der Waals surface area contributed by atoms with E-state index in [-0.39, 0.29) is 0 Å². The van der Waals surface area contributed by atoms with E-state index in [0.717, 1.165) is 26.8 Å². The molecule has 2 aromatic heterocycles. The van der Waals surface area contributed by atoms with Crippen LogP contribution in [0.2, 0.25) is 0 Å². The van der Waals surface area contributed by atoms with Gasteiger partial charge in [-0.1, -0.05) is 15.9 Å². The van der Waals surface area contributed by atoms with E-state index in [1.165, 1.54) is 0 Å². The fourth-order valence-corrected chi connectivity index (χ4v) is 2.02. The maximum atomic E-state index is 5.61. The molecule has 5 heteroatoms. The monoisotopic (exact) mass is 356 g/mol. The summed E-state index contributed by atoms with van der Waals surface area (Å²) in [6.45, 7) is 0.488. The molecule has 0 saturated heterocycles. The molecule has 0 aliphatic carbocycles. The van der Waals surface area contributed by atoms with Crippen LogP contribution in [0.25, 0.3) is 0 Å². The summed E-state index contributed by atoms with van der Waals surface area (Å²) in [4.78, 5) is 8.31. The minimum atomic E-state index is 0.488. The second-order valence-corrected chi connectivity index (χ2v) is 4.90. The third-order valence-corrected chi connectivity index (χ3v) is 3.11. The molecule has 0 aromatic carbocycles. The van der Waals surface area contributed by atoms with E-state index in [1.54, 1.807) is 18.6 Å². The molecule has 2 heterocycles. The minimum absolute atomic E-state index is 0.488. The van der Waals surface area contributed by atoms with Gasteiger partial charge in [-0.2, -0.15) is 0 Å². The molecule has 88 valence electrons. The van der Waals surface area contributed by atoms with Crippen molar-refractivity contribution in [1.82, 2.24) is 9.97 Å². The van der Waals surface area contributed by atoms with E-state index in [9.17, 15) is 0 Å². The van der Waals surface area contributed by atoms with Gasteiger partial charge in [0.1, 0.15) is 12.4 Å². The Morgan fingerprint density at radius 3 is 2.71 bits per heavy atom. The van der Waals surface area contributed by atoms with E-state index in [0.29, 0.717) is 6.61 Å². The Morgan fingerprint density at radius 1 is 1.18 bits per heavy atom. The van der Waals surface area contributed by atoms with Gasteiger partial charge in [-0.15, -0.1) is 0 Å². The number of nitrogens with zero attached hydrogens (tertiary/aromatic N) is 2. The first-order valence-electron chi connectivity index (χ1n) is 5.01. The van der Waals surface area contributed by atoms with E-state index >= 15 is 0 Å². The second kappa shape index (κ2) is 6.12. The first-order chi connectivity index (χ1) is 8.28. The molecule has 0 amide bonds. The van der Waals surface area contributed by atoms with Gasteiger partial charge in [-0.25, -0.2) is 0 Å². The lowest BCUT2D eigenvalue weighted by atomic mass is 10.3. The van der Waals surface area contributed by atoms with Crippen LogP contribution in [0, 0.1) is 0 Å². The zero-order valence-electron chi connectivity index (χ0n) is 8.94. The first kappa shape index (κ1) is 12.5. The normalized spacial score (nSPS) is 10.2. The standard InChI is InChI=1S/C12H10Br2N2O/c13-4-11-1-2-12(7-16-11)17-8-9-3-10(14)6-15-5-9/h1-3,5-7H,4,8H2. The quantitative estimate of drug-likeness (QED) is 0.782. The number of alkyl halides is 1. The molecular formula is C12H10Br2N2O. The predicted octanol–water partition coefficient (Wildman–Crippen LogP) is 3.71. The van der Waals surface area contributed by atoms with Gasteiger partial charge in [0, 0.05) is 27.8 Å². The summed E-state index contributed by atoms with van der Waals surface area (Å²) in [5, 5.41) is 0.753. The maximum absolute atomic E-state index is 5.61. The molecule has 3 nitrogen and oxygen atoms in total. The smallest absolute Gasteiger partial charge is 0.138 e. The summed E-state index contributed by atoms with van der Waals surface area (Å²) in [7, 11) is 0. The molecule has 0 N–H and O–H groups in total. The van der Waals surface area contributed by atoms with Gasteiger partial charge in [0.15, 0.2) is 0 Å². The maximum Gasteiger partial charge on any atom is 0.138 e. The van der Waals surface area contributed by atoms with E-state index in [1.807, 2.05) is 18.2 Å². The minimum Gasteiger partial charge on any atom is -0.487 e. The topological polar surface area (TPSA) is 35.0 Å². The van der Waals surface area contributed by atoms with Crippen molar-refractivity contribution in [2.45, 2.75) is 11.9 Å². The van der Waals surface area contributed by atoms with Crippen LogP contribution in [0.3, 0.4) is 0 Å². The number of hydrogen-bond donors (Lipinski definition) is 0. The SMILES string of the molecule is BrCc1ccc(OCc2cncc(Br)c2)cn1. The molecule has 0 spiro atoms. The highest BCUT2D eigenvalue weighted by atomic mass is 79.9. The zero-order valence-corrected chi connectivity index (χ0v) is 12.1. The summed E-state index contributed by atoms with van der Waals surface area (Å²) in [5.74, 6) is 0.759. The van der Waals surface area contributed by atoms with Crippen LogP contribution >= 0.6 is 31.9 Å². The summed E-state index contributed by atoms with van der Waals surface area (Å²) in [6, 6.07) is 5.82. The molecule has 0 unspecified atom stereocenters. The summed E-state index contributed by atoms with van der Waals surface area (Å²) >= 11 is 6.72. The predicted molar refractivity (Wildman–Crippen MR) is 73.1 cm³/mol. The number of hydrogen-bond acceptors (Lipinski definition) is 3. The zero-order chi connectivity index (χ0) is 12.1. The number of rotatable bonds is 4. The number of halogens is 2. The number of pyridine rings is 2. The summed E-state index contributed by atoms with van der Waals surface area (Å²) in [6.07, 6.45) is 5.25. The fraction of sp³-hybridized carbons (Fsp3) is 0.167. The highest BCUT2D eigenvalue weighted by molar-refractivity contribution is 9.10. The fourth-order valence-electron chi connectivity index (χ4n) is 1.28. The Morgan fingerprint density at radius 2 is 2.06 bits per heavy atom. The van der Waals surface area contributed by atoms with Gasteiger partial charge in [0.05, 0.1) is 11.9 Å². The molecule has 0 fully saturated rings. The Kier molecular flexibility index (Phi) is 4.50. The van der Waals surface area contributed by atoms with Crippen LogP contribution in [0.4, 0.5) is 0 Å². The van der Waals surface area contributed by atoms with Gasteiger partial charge in [0.25, 0.3) is 0 Å². The number of ether oxygens (including phenoxy) is 1. The van der Waals surface area contributed by atoms with Crippen LogP contribution in [0.1, 0.15) is 11.3 Å². The summed E-state index contributed by atoms with van der Waals surface area (Å²) < 4.78 is 6.56. The van der Waals surface area contributed by atoms with Crippen LogP contribution in [0.15, 0.2) is 41.3 Å². The molecule has 2 rings (SSSR count). The van der Waals surface area contributed by atoms with Crippen molar-refractivity contribution >= 4 is 31.9 Å². The summed E-state index contributed by atoms with van der Waals surface area (Å²) in [5.41, 5.74) is 2.01. The average molecular weight is 358 g/mol. The molecule has 0 aliphatic heterocycles. The highest BCUT2D eigenvalue weighted by Crippen LogP contribution is 2.14. The first-order valence-corrected chi connectivity index (χ1v) is 6.92. The third kappa shape index (κ3) is 3.78. The lowest BCUT2D eigenvalue weighted by Crippen LogP contribution is -1.97. The van der Waals surface area contributed by atoms with E-state index in [4.69, 9.17) is 4.74 Å². The molecule has 0 atom stereocenters. The van der Waals surface area contributed by atoms with Crippen LogP contribution in [-0.2, 0) is 11.9 Å². The van der Waals surface area contributed by atoms with Crippen molar-refractivity contribution in [3.8, 4) is 5.75 Å². The Labute approximate surface area is 117 Å². The van der Waals surface area contributed by atoms with Gasteiger partial charge in [-0.05, 0) is 34.1 Å². The van der Waals surface area contributed by atoms with Crippen molar-refractivity contribution in [1.29, 1.82) is 0 Å². The van der Waals surface area contributed by atoms with Crippen molar-refractivity contribution in [2.24, 2.45) is 0 Å². The molecule has 0 bridgehead atoms. The molecule has 17 heavy (non-hydrogen) atoms. The van der Waals surface area contributed by atoms with Gasteiger partial charge in [0.2, 0.25) is 0 Å². The lowest BCUT2D eigenvalue weighted by Gasteiger charge is -2.06. The lowest BCUT2D eigenvalue weighted by molar-refractivity contribution is 0.304. The van der Waals surface area contributed by atoms with Gasteiger partial charge in [-0.3, -0.25) is 9.97 Å².